The van der Waals surface area contributed by atoms with Gasteiger partial charge in [-0.1, -0.05) is 6.42 Å². The number of carboxylic acid groups (broad SMARTS) is 2. The Morgan fingerprint density at radius 2 is 1.17 bits per heavy atom. The molecule has 0 aromatic carbocycles. The van der Waals surface area contributed by atoms with Gasteiger partial charge in [-0.3, -0.25) is 9.59 Å². The molecule has 0 aliphatic carbocycles. The molecule has 0 atom stereocenters. The van der Waals surface area contributed by atoms with Crippen LogP contribution in [-0.2, 0) is 9.59 Å². The zero-order valence-electron chi connectivity index (χ0n) is 6.25. The molecule has 0 radical (unpaired) electrons. The van der Waals surface area contributed by atoms with Crippen molar-refractivity contribution in [3.8, 4) is 0 Å². The Morgan fingerprint density at radius 1 is 0.833 bits per heavy atom. The van der Waals surface area contributed by atoms with E-state index in [1.807, 2.05) is 0 Å². The number of hydrogen-bond acceptors (Lipinski definition) is 2. The molecule has 0 bridgehead atoms. The number of carboxylic acids is 2. The standard InChI is InChI=1S/C7H12O4.Mg.2H/c8-6(9)4-2-1-3-5-7(10)11;;;/h1-5H2,(H,8,9)(H,10,11);;;. The third-order valence-corrected chi connectivity index (χ3v) is 1.28. The lowest BCUT2D eigenvalue weighted by atomic mass is 10.1. The largest absolute Gasteiger partial charge is 0.481 e. The Labute approximate surface area is 87.1 Å². The molecule has 0 heterocycles. The zero-order chi connectivity index (χ0) is 8.69. The molecule has 0 aliphatic heterocycles. The third-order valence-electron chi connectivity index (χ3n) is 1.28. The normalized spacial score (nSPS) is 8.67. The van der Waals surface area contributed by atoms with Crippen LogP contribution in [0.2, 0.25) is 0 Å². The van der Waals surface area contributed by atoms with Gasteiger partial charge in [-0.2, -0.15) is 0 Å². The van der Waals surface area contributed by atoms with E-state index in [4.69, 9.17) is 10.2 Å². The molecular formula is C7H14MgO4. The van der Waals surface area contributed by atoms with Crippen LogP contribution in [0, 0.1) is 0 Å². The van der Waals surface area contributed by atoms with Crippen LogP contribution in [0.15, 0.2) is 0 Å². The maximum atomic E-state index is 9.98. The van der Waals surface area contributed by atoms with Crippen LogP contribution in [0.25, 0.3) is 0 Å². The lowest BCUT2D eigenvalue weighted by molar-refractivity contribution is -0.137. The minimum Gasteiger partial charge on any atom is -0.481 e. The van der Waals surface area contributed by atoms with E-state index in [2.05, 4.69) is 0 Å². The summed E-state index contributed by atoms with van der Waals surface area (Å²) in [6.45, 7) is 0. The summed E-state index contributed by atoms with van der Waals surface area (Å²) in [4.78, 5) is 20.0. The van der Waals surface area contributed by atoms with Crippen molar-refractivity contribution in [1.29, 1.82) is 0 Å². The smallest absolute Gasteiger partial charge is 0.316 e. The van der Waals surface area contributed by atoms with Crippen molar-refractivity contribution in [2.24, 2.45) is 0 Å². The van der Waals surface area contributed by atoms with Crippen LogP contribution < -0.4 is 0 Å². The van der Waals surface area contributed by atoms with Crippen molar-refractivity contribution in [3.63, 3.8) is 0 Å². The number of carbonyl (C=O) groups is 2. The lowest BCUT2D eigenvalue weighted by Gasteiger charge is -1.94. The van der Waals surface area contributed by atoms with E-state index < -0.39 is 11.9 Å². The molecular weight excluding hydrogens is 172 g/mol. The highest BCUT2D eigenvalue weighted by molar-refractivity contribution is 5.75. The average Bonchev–Trinajstić information content (AvgIpc) is 1.85. The van der Waals surface area contributed by atoms with Crippen LogP contribution in [-0.4, -0.2) is 45.2 Å². The first-order valence-electron chi connectivity index (χ1n) is 3.56. The van der Waals surface area contributed by atoms with Gasteiger partial charge in [0.25, 0.3) is 0 Å². The van der Waals surface area contributed by atoms with Gasteiger partial charge in [-0.25, -0.2) is 0 Å². The Morgan fingerprint density at radius 3 is 1.42 bits per heavy atom. The molecule has 4 nitrogen and oxygen atoms in total. The van der Waals surface area contributed by atoms with Crippen molar-refractivity contribution in [2.45, 2.75) is 32.1 Å². The fourth-order valence-electron chi connectivity index (χ4n) is 0.729. The summed E-state index contributed by atoms with van der Waals surface area (Å²) in [6.07, 6.45) is 2.10. The quantitative estimate of drug-likeness (QED) is 0.459. The van der Waals surface area contributed by atoms with Crippen LogP contribution in [0.3, 0.4) is 0 Å². The van der Waals surface area contributed by atoms with Gasteiger partial charge in [-0.05, 0) is 12.8 Å². The molecule has 0 rings (SSSR count). The summed E-state index contributed by atoms with van der Waals surface area (Å²) in [6, 6.07) is 0. The molecule has 12 heavy (non-hydrogen) atoms. The molecule has 0 saturated heterocycles. The van der Waals surface area contributed by atoms with Crippen LogP contribution >= 0.6 is 0 Å². The minimum atomic E-state index is -0.819. The molecule has 0 fully saturated rings. The summed E-state index contributed by atoms with van der Waals surface area (Å²) >= 11 is 0. The first-order chi connectivity index (χ1) is 5.13. The second-order valence-corrected chi connectivity index (χ2v) is 2.35. The van der Waals surface area contributed by atoms with E-state index in [1.54, 1.807) is 0 Å². The number of hydrogen-bond donors (Lipinski definition) is 2. The molecule has 0 aromatic rings. The van der Waals surface area contributed by atoms with Crippen molar-refractivity contribution < 1.29 is 19.8 Å². The molecule has 0 saturated carbocycles. The van der Waals surface area contributed by atoms with Crippen molar-refractivity contribution in [3.05, 3.63) is 0 Å². The molecule has 2 N–H and O–H groups in total. The third kappa shape index (κ3) is 12.4. The van der Waals surface area contributed by atoms with Gasteiger partial charge in [0.15, 0.2) is 0 Å². The molecule has 5 heteroatoms. The summed E-state index contributed by atoms with van der Waals surface area (Å²) < 4.78 is 0. The number of aliphatic carboxylic acids is 2. The maximum Gasteiger partial charge on any atom is 0.316 e. The lowest BCUT2D eigenvalue weighted by Crippen LogP contribution is -1.96. The Balaban J connectivity index is 0. The molecule has 0 unspecified atom stereocenters. The summed E-state index contributed by atoms with van der Waals surface area (Å²) in [7, 11) is 0. The predicted octanol–water partition coefficient (Wildman–Crippen LogP) is 0.190. The van der Waals surface area contributed by atoms with Gasteiger partial charge in [0, 0.05) is 12.8 Å². The Hall–Kier alpha value is -0.294. The highest BCUT2D eigenvalue weighted by atomic mass is 24.3. The van der Waals surface area contributed by atoms with Gasteiger partial charge in [-0.15, -0.1) is 0 Å². The highest BCUT2D eigenvalue weighted by Crippen LogP contribution is 2.02. The topological polar surface area (TPSA) is 74.6 Å². The highest BCUT2D eigenvalue weighted by Gasteiger charge is 1.98. The molecule has 0 aromatic heterocycles. The zero-order valence-corrected chi connectivity index (χ0v) is 6.25. The number of unbranched alkanes of at least 4 members (excludes halogenated alkanes) is 2. The fourth-order valence-corrected chi connectivity index (χ4v) is 0.729. The van der Waals surface area contributed by atoms with Crippen molar-refractivity contribution >= 4 is 35.0 Å². The Kier molecular flexibility index (Phi) is 10.4. The van der Waals surface area contributed by atoms with Gasteiger partial charge in [0.05, 0.1) is 0 Å². The monoisotopic (exact) mass is 186 g/mol. The average molecular weight is 186 g/mol. The SMILES string of the molecule is O=C(O)CCCCCC(=O)O.[MgH2]. The van der Waals surface area contributed by atoms with E-state index in [-0.39, 0.29) is 35.9 Å². The molecule has 0 amide bonds. The fraction of sp³-hybridized carbons (Fsp3) is 0.714. The van der Waals surface area contributed by atoms with Crippen LogP contribution in [0.5, 0.6) is 0 Å². The summed E-state index contributed by atoms with van der Waals surface area (Å²) in [5.41, 5.74) is 0. The van der Waals surface area contributed by atoms with Gasteiger partial charge in [0.2, 0.25) is 0 Å². The summed E-state index contributed by atoms with van der Waals surface area (Å²) in [5, 5.41) is 16.4. The second kappa shape index (κ2) is 8.80. The molecule has 0 spiro atoms. The van der Waals surface area contributed by atoms with Crippen LogP contribution in [0.4, 0.5) is 0 Å². The summed E-state index contributed by atoms with van der Waals surface area (Å²) in [5.74, 6) is -1.64. The van der Waals surface area contributed by atoms with E-state index in [0.29, 0.717) is 19.3 Å². The minimum absolute atomic E-state index is 0. The van der Waals surface area contributed by atoms with E-state index >= 15 is 0 Å². The van der Waals surface area contributed by atoms with E-state index in [9.17, 15) is 9.59 Å². The second-order valence-electron chi connectivity index (χ2n) is 2.35. The molecule has 68 valence electrons. The van der Waals surface area contributed by atoms with E-state index in [1.165, 1.54) is 0 Å². The predicted molar refractivity (Wildman–Crippen MR) is 46.9 cm³/mol. The van der Waals surface area contributed by atoms with Crippen LogP contribution in [0.1, 0.15) is 32.1 Å². The van der Waals surface area contributed by atoms with E-state index in [0.717, 1.165) is 0 Å². The first-order valence-corrected chi connectivity index (χ1v) is 3.56. The number of rotatable bonds is 6. The van der Waals surface area contributed by atoms with Gasteiger partial charge >= 0.3 is 35.0 Å². The van der Waals surface area contributed by atoms with Gasteiger partial charge < -0.3 is 10.2 Å². The maximum absolute atomic E-state index is 9.98. The molecule has 0 aliphatic rings. The first kappa shape index (κ1) is 14.2. The van der Waals surface area contributed by atoms with Crippen molar-refractivity contribution in [2.75, 3.05) is 0 Å². The van der Waals surface area contributed by atoms with Crippen molar-refractivity contribution in [1.82, 2.24) is 0 Å². The Bertz CT molecular complexity index is 130. The van der Waals surface area contributed by atoms with Gasteiger partial charge in [0.1, 0.15) is 0 Å².